The molecule has 0 bridgehead atoms. The fourth-order valence-electron chi connectivity index (χ4n) is 1.83. The van der Waals surface area contributed by atoms with Crippen LogP contribution in [-0.2, 0) is 9.53 Å². The summed E-state index contributed by atoms with van der Waals surface area (Å²) in [6, 6.07) is 9.36. The maximum absolute atomic E-state index is 11.9. The third kappa shape index (κ3) is 5.49. The molecule has 0 aromatic heterocycles. The summed E-state index contributed by atoms with van der Waals surface area (Å²) in [6.07, 6.45) is 0.746. The van der Waals surface area contributed by atoms with Crippen molar-refractivity contribution in [2.24, 2.45) is 11.7 Å². The van der Waals surface area contributed by atoms with Gasteiger partial charge in [-0.3, -0.25) is 4.79 Å². The van der Waals surface area contributed by atoms with Crippen LogP contribution < -0.4 is 11.1 Å². The molecule has 20 heavy (non-hydrogen) atoms. The molecule has 0 fully saturated rings. The fraction of sp³-hybridized carbons (Fsp3) is 0.533. The van der Waals surface area contributed by atoms with E-state index in [0.29, 0.717) is 6.54 Å². The molecule has 0 aliphatic heterocycles. The Hall–Kier alpha value is -1.10. The summed E-state index contributed by atoms with van der Waals surface area (Å²) in [5.74, 6) is 0.0602. The van der Waals surface area contributed by atoms with Crippen molar-refractivity contribution in [3.63, 3.8) is 0 Å². The first-order valence-corrected chi connectivity index (χ1v) is 6.71. The highest BCUT2D eigenvalue weighted by molar-refractivity contribution is 5.85. The molecule has 4 nitrogen and oxygen atoms in total. The zero-order valence-corrected chi connectivity index (χ0v) is 13.2. The van der Waals surface area contributed by atoms with E-state index in [4.69, 9.17) is 10.5 Å². The highest BCUT2D eigenvalue weighted by atomic mass is 35.5. The molecule has 0 aliphatic carbocycles. The third-order valence-corrected chi connectivity index (χ3v) is 3.48. The highest BCUT2D eigenvalue weighted by Crippen LogP contribution is 2.15. The molecule has 3 unspecified atom stereocenters. The van der Waals surface area contributed by atoms with Crippen molar-refractivity contribution in [3.8, 4) is 0 Å². The molecule has 0 radical (unpaired) electrons. The van der Waals surface area contributed by atoms with Gasteiger partial charge in [0.25, 0.3) is 0 Å². The lowest BCUT2D eigenvalue weighted by Crippen LogP contribution is -2.45. The Morgan fingerprint density at radius 3 is 2.45 bits per heavy atom. The molecule has 0 spiro atoms. The molecule has 114 valence electrons. The maximum Gasteiger partial charge on any atom is 0.237 e. The number of nitrogens with two attached hydrogens (primary N) is 1. The largest absolute Gasteiger partial charge is 0.375 e. The van der Waals surface area contributed by atoms with Crippen molar-refractivity contribution in [2.45, 2.75) is 32.4 Å². The second-order valence-corrected chi connectivity index (χ2v) is 4.79. The summed E-state index contributed by atoms with van der Waals surface area (Å²) < 4.78 is 5.40. The van der Waals surface area contributed by atoms with Gasteiger partial charge in [-0.05, 0) is 11.5 Å². The Kier molecular flexibility index (Phi) is 9.21. The Balaban J connectivity index is 0.00000361. The van der Waals surface area contributed by atoms with Gasteiger partial charge in [-0.25, -0.2) is 0 Å². The first-order valence-electron chi connectivity index (χ1n) is 6.71. The molecule has 0 saturated heterocycles. The standard InChI is InChI=1S/C15H24N2O2.ClH/c1-4-11(2)14(16)15(18)17-10-13(19-3)12-8-6-5-7-9-12;/h5-9,11,13-14H,4,10,16H2,1-3H3,(H,17,18);1H. The minimum atomic E-state index is -0.460. The molecule has 0 heterocycles. The number of carbonyl (C=O) groups excluding carboxylic acids is 1. The van der Waals surface area contributed by atoms with Crippen LogP contribution in [0, 0.1) is 5.92 Å². The Morgan fingerprint density at radius 1 is 1.35 bits per heavy atom. The van der Waals surface area contributed by atoms with Crippen LogP contribution in [0.1, 0.15) is 31.9 Å². The maximum atomic E-state index is 11.9. The number of hydrogen-bond acceptors (Lipinski definition) is 3. The molecule has 1 rings (SSSR count). The zero-order valence-electron chi connectivity index (χ0n) is 12.3. The molecule has 1 aromatic carbocycles. The molecule has 0 saturated carbocycles. The number of ether oxygens (including phenoxy) is 1. The predicted molar refractivity (Wildman–Crippen MR) is 83.9 cm³/mol. The molecule has 3 N–H and O–H groups in total. The topological polar surface area (TPSA) is 64.4 Å². The van der Waals surface area contributed by atoms with Crippen molar-refractivity contribution >= 4 is 18.3 Å². The van der Waals surface area contributed by atoms with Crippen LogP contribution in [0.2, 0.25) is 0 Å². The second kappa shape index (κ2) is 9.75. The smallest absolute Gasteiger partial charge is 0.237 e. The number of methoxy groups -OCH3 is 1. The van der Waals surface area contributed by atoms with Crippen molar-refractivity contribution in [1.29, 1.82) is 0 Å². The van der Waals surface area contributed by atoms with Gasteiger partial charge >= 0.3 is 0 Å². The van der Waals surface area contributed by atoms with E-state index in [1.165, 1.54) is 0 Å². The normalized spacial score (nSPS) is 14.8. The number of amides is 1. The molecular weight excluding hydrogens is 276 g/mol. The summed E-state index contributed by atoms with van der Waals surface area (Å²) in [7, 11) is 1.64. The van der Waals surface area contributed by atoms with E-state index in [0.717, 1.165) is 12.0 Å². The van der Waals surface area contributed by atoms with E-state index in [1.54, 1.807) is 7.11 Å². The second-order valence-electron chi connectivity index (χ2n) is 4.79. The summed E-state index contributed by atoms with van der Waals surface area (Å²) >= 11 is 0. The molecular formula is C15H25ClN2O2. The van der Waals surface area contributed by atoms with Crippen molar-refractivity contribution in [1.82, 2.24) is 5.32 Å². The van der Waals surface area contributed by atoms with Gasteiger partial charge in [0, 0.05) is 13.7 Å². The van der Waals surface area contributed by atoms with Crippen molar-refractivity contribution in [2.75, 3.05) is 13.7 Å². The van der Waals surface area contributed by atoms with Crippen LogP contribution in [0.4, 0.5) is 0 Å². The number of carbonyl (C=O) groups is 1. The average molecular weight is 301 g/mol. The summed E-state index contributed by atoms with van der Waals surface area (Å²) in [6.45, 7) is 4.44. The van der Waals surface area contributed by atoms with E-state index in [9.17, 15) is 4.79 Å². The molecule has 3 atom stereocenters. The summed E-state index contributed by atoms with van der Waals surface area (Å²) in [4.78, 5) is 11.9. The van der Waals surface area contributed by atoms with E-state index in [-0.39, 0.29) is 30.3 Å². The number of halogens is 1. The number of benzene rings is 1. The Labute approximate surface area is 127 Å². The predicted octanol–water partition coefficient (Wildman–Crippen LogP) is 2.29. The molecule has 0 aliphatic rings. The van der Waals surface area contributed by atoms with E-state index < -0.39 is 6.04 Å². The van der Waals surface area contributed by atoms with Gasteiger partial charge in [0.05, 0.1) is 12.1 Å². The van der Waals surface area contributed by atoms with Gasteiger partial charge in [-0.2, -0.15) is 0 Å². The quantitative estimate of drug-likeness (QED) is 0.812. The van der Waals surface area contributed by atoms with Gasteiger partial charge in [0.15, 0.2) is 0 Å². The number of nitrogens with one attached hydrogen (secondary N) is 1. The number of rotatable bonds is 7. The van der Waals surface area contributed by atoms with Crippen LogP contribution in [0.3, 0.4) is 0 Å². The lowest BCUT2D eigenvalue weighted by atomic mass is 9.99. The lowest BCUT2D eigenvalue weighted by molar-refractivity contribution is -0.124. The average Bonchev–Trinajstić information content (AvgIpc) is 2.47. The summed E-state index contributed by atoms with van der Waals surface area (Å²) in [5, 5.41) is 2.86. The van der Waals surface area contributed by atoms with Gasteiger partial charge in [0.1, 0.15) is 0 Å². The van der Waals surface area contributed by atoms with Crippen LogP contribution >= 0.6 is 12.4 Å². The first kappa shape index (κ1) is 18.9. The van der Waals surface area contributed by atoms with Crippen LogP contribution in [0.25, 0.3) is 0 Å². The number of hydrogen-bond donors (Lipinski definition) is 2. The monoisotopic (exact) mass is 300 g/mol. The highest BCUT2D eigenvalue weighted by Gasteiger charge is 2.20. The van der Waals surface area contributed by atoms with Crippen LogP contribution in [0.5, 0.6) is 0 Å². The fourth-order valence-corrected chi connectivity index (χ4v) is 1.83. The first-order chi connectivity index (χ1) is 9.10. The van der Waals surface area contributed by atoms with Gasteiger partial charge in [-0.15, -0.1) is 12.4 Å². The van der Waals surface area contributed by atoms with Gasteiger partial charge in [0.2, 0.25) is 5.91 Å². The van der Waals surface area contributed by atoms with Gasteiger partial charge in [-0.1, -0.05) is 50.6 Å². The minimum absolute atomic E-state index is 0. The van der Waals surface area contributed by atoms with E-state index >= 15 is 0 Å². The van der Waals surface area contributed by atoms with Crippen LogP contribution in [0.15, 0.2) is 30.3 Å². The Morgan fingerprint density at radius 2 is 1.95 bits per heavy atom. The molecule has 1 amide bonds. The summed E-state index contributed by atoms with van der Waals surface area (Å²) in [5.41, 5.74) is 6.93. The molecule has 5 heteroatoms. The zero-order chi connectivity index (χ0) is 14.3. The third-order valence-electron chi connectivity index (χ3n) is 3.48. The van der Waals surface area contributed by atoms with Crippen LogP contribution in [-0.4, -0.2) is 25.6 Å². The Bertz CT molecular complexity index is 387. The van der Waals surface area contributed by atoms with E-state index in [1.807, 2.05) is 44.2 Å². The van der Waals surface area contributed by atoms with Crippen molar-refractivity contribution in [3.05, 3.63) is 35.9 Å². The van der Waals surface area contributed by atoms with Crippen molar-refractivity contribution < 1.29 is 9.53 Å². The van der Waals surface area contributed by atoms with Gasteiger partial charge < -0.3 is 15.8 Å². The molecule has 1 aromatic rings. The SMILES string of the molecule is CCC(C)C(N)C(=O)NCC(OC)c1ccccc1.Cl. The minimum Gasteiger partial charge on any atom is -0.375 e. The lowest BCUT2D eigenvalue weighted by Gasteiger charge is -2.21. The van der Waals surface area contributed by atoms with E-state index in [2.05, 4.69) is 5.32 Å².